The van der Waals surface area contributed by atoms with Crippen LogP contribution >= 0.6 is 0 Å². The van der Waals surface area contributed by atoms with E-state index in [-0.39, 0.29) is 40.2 Å². The molecule has 2 nitrogen and oxygen atoms in total. The molecule has 0 saturated carbocycles. The molecule has 1 N–H and O–H groups in total. The fraction of sp³-hybridized carbons (Fsp3) is 0. The van der Waals surface area contributed by atoms with Crippen LogP contribution < -0.4 is 0 Å². The Morgan fingerprint density at radius 3 is 2.46 bits per heavy atom. The standard InChI is InChI=1S/C9H7NO.Al.Cu.3H/c11-8-5-1-3-7-4-2-6-10-9(7)8;;;;;/h1-6,11H;;;;;. The maximum atomic E-state index is 9.31. The molecule has 0 saturated heterocycles. The molecule has 0 atom stereocenters. The minimum absolute atomic E-state index is 0. The number of hydrogen-bond donors (Lipinski definition) is 1. The Morgan fingerprint density at radius 1 is 1.08 bits per heavy atom. The number of aromatic nitrogens is 1. The average Bonchev–Trinajstić information content (AvgIpc) is 2.06. The van der Waals surface area contributed by atoms with Crippen molar-refractivity contribution in [1.82, 2.24) is 4.98 Å². The molecule has 0 bridgehead atoms. The molecule has 1 heterocycles. The predicted molar refractivity (Wildman–Crippen MR) is 53.3 cm³/mol. The summed E-state index contributed by atoms with van der Waals surface area (Å²) in [7, 11) is 0. The average molecular weight is 239 g/mol. The largest absolute Gasteiger partial charge is 0.506 e. The number of para-hydroxylation sites is 1. The van der Waals surface area contributed by atoms with Crippen molar-refractivity contribution in [1.29, 1.82) is 0 Å². The fourth-order valence-electron chi connectivity index (χ4n) is 1.09. The molecule has 1 radical (unpaired) electrons. The van der Waals surface area contributed by atoms with Crippen LogP contribution in [-0.4, -0.2) is 27.5 Å². The Kier molecular flexibility index (Phi) is 5.05. The van der Waals surface area contributed by atoms with E-state index in [0.29, 0.717) is 5.52 Å². The molecule has 2 rings (SSSR count). The maximum absolute atomic E-state index is 9.31. The second-order valence-electron chi connectivity index (χ2n) is 2.35. The molecule has 0 aliphatic heterocycles. The number of nitrogens with zero attached hydrogens (tertiary/aromatic N) is 1. The van der Waals surface area contributed by atoms with Gasteiger partial charge in [-0.3, -0.25) is 4.98 Å². The molecule has 1 aromatic heterocycles. The SMILES string of the molecule is Oc1cccc2cccnc12.[AlH3].[Cu]. The third-order valence-electron chi connectivity index (χ3n) is 1.61. The molecule has 1 aromatic carbocycles. The summed E-state index contributed by atoms with van der Waals surface area (Å²) in [5.41, 5.74) is 0.662. The zero-order chi connectivity index (χ0) is 7.68. The van der Waals surface area contributed by atoms with Gasteiger partial charge in [-0.05, 0) is 12.1 Å². The Hall–Kier alpha value is -0.518. The first-order valence-corrected chi connectivity index (χ1v) is 3.40. The molecule has 0 unspecified atom stereocenters. The van der Waals surface area contributed by atoms with Gasteiger partial charge < -0.3 is 5.11 Å². The molecular weight excluding hydrogens is 229 g/mol. The van der Waals surface area contributed by atoms with Gasteiger partial charge in [-0.1, -0.05) is 18.2 Å². The van der Waals surface area contributed by atoms with Crippen molar-refractivity contribution in [2.45, 2.75) is 0 Å². The van der Waals surface area contributed by atoms with Crippen LogP contribution in [0.4, 0.5) is 0 Å². The third kappa shape index (κ3) is 2.46. The van der Waals surface area contributed by atoms with Gasteiger partial charge in [0.25, 0.3) is 0 Å². The van der Waals surface area contributed by atoms with E-state index in [1.807, 2.05) is 18.2 Å². The second kappa shape index (κ2) is 5.26. The van der Waals surface area contributed by atoms with Gasteiger partial charge in [0.05, 0.1) is 0 Å². The van der Waals surface area contributed by atoms with Gasteiger partial charge in [0, 0.05) is 28.7 Å². The molecule has 0 spiro atoms. The van der Waals surface area contributed by atoms with Gasteiger partial charge in [-0.15, -0.1) is 0 Å². The molecule has 0 aliphatic rings. The van der Waals surface area contributed by atoms with Gasteiger partial charge >= 0.3 is 0 Å². The van der Waals surface area contributed by atoms with Gasteiger partial charge in [0.2, 0.25) is 0 Å². The van der Waals surface area contributed by atoms with Gasteiger partial charge in [0.15, 0.2) is 17.4 Å². The summed E-state index contributed by atoms with van der Waals surface area (Å²) in [6, 6.07) is 9.13. The number of benzene rings is 1. The zero-order valence-electron chi connectivity index (χ0n) is 6.16. The van der Waals surface area contributed by atoms with Crippen LogP contribution in [0.25, 0.3) is 10.9 Å². The van der Waals surface area contributed by atoms with E-state index >= 15 is 0 Å². The molecular formula is C9H10AlCuNO. The minimum atomic E-state index is 0. The molecule has 2 aromatic rings. The van der Waals surface area contributed by atoms with Gasteiger partial charge in [-0.25, -0.2) is 0 Å². The van der Waals surface area contributed by atoms with E-state index < -0.39 is 0 Å². The fourth-order valence-corrected chi connectivity index (χ4v) is 1.09. The third-order valence-corrected chi connectivity index (χ3v) is 1.61. The molecule has 0 amide bonds. The molecule has 0 aliphatic carbocycles. The summed E-state index contributed by atoms with van der Waals surface area (Å²) in [5, 5.41) is 10.3. The van der Waals surface area contributed by atoms with E-state index in [2.05, 4.69) is 4.98 Å². The second-order valence-corrected chi connectivity index (χ2v) is 2.35. The minimum Gasteiger partial charge on any atom is -0.506 e. The van der Waals surface area contributed by atoms with Crippen LogP contribution in [0.2, 0.25) is 0 Å². The number of hydrogen-bond acceptors (Lipinski definition) is 2. The summed E-state index contributed by atoms with van der Waals surface area (Å²) in [4.78, 5) is 4.03. The molecule has 0 fully saturated rings. The van der Waals surface area contributed by atoms with E-state index in [0.717, 1.165) is 5.39 Å². The Morgan fingerprint density at radius 2 is 1.77 bits per heavy atom. The molecule has 71 valence electrons. The number of phenols is 1. The predicted octanol–water partition coefficient (Wildman–Crippen LogP) is 0.754. The van der Waals surface area contributed by atoms with E-state index in [1.165, 1.54) is 0 Å². The summed E-state index contributed by atoms with van der Waals surface area (Å²) in [5.74, 6) is 0.239. The van der Waals surface area contributed by atoms with Crippen molar-refractivity contribution in [3.63, 3.8) is 0 Å². The van der Waals surface area contributed by atoms with Crippen LogP contribution in [0.15, 0.2) is 36.5 Å². The van der Waals surface area contributed by atoms with Crippen molar-refractivity contribution in [2.75, 3.05) is 0 Å². The number of phenolic OH excluding ortho intramolecular Hbond substituents is 1. The Bertz CT molecular complexity index is 389. The topological polar surface area (TPSA) is 33.1 Å². The van der Waals surface area contributed by atoms with Crippen LogP contribution in [0.1, 0.15) is 0 Å². The van der Waals surface area contributed by atoms with Crippen molar-refractivity contribution < 1.29 is 22.2 Å². The first-order chi connectivity index (χ1) is 5.38. The number of rotatable bonds is 0. The van der Waals surface area contributed by atoms with Crippen molar-refractivity contribution in [3.8, 4) is 5.75 Å². The Balaban J connectivity index is 0.000000720. The van der Waals surface area contributed by atoms with Crippen molar-refractivity contribution >= 4 is 28.3 Å². The van der Waals surface area contributed by atoms with Crippen LogP contribution in [0, 0.1) is 0 Å². The number of fused-ring (bicyclic) bond motifs is 1. The zero-order valence-corrected chi connectivity index (χ0v) is 7.10. The summed E-state index contributed by atoms with van der Waals surface area (Å²) in [6.07, 6.45) is 1.67. The maximum Gasteiger partial charge on any atom is 0.187 e. The summed E-state index contributed by atoms with van der Waals surface area (Å²) < 4.78 is 0. The quantitative estimate of drug-likeness (QED) is 0.688. The van der Waals surface area contributed by atoms with Crippen LogP contribution in [0.3, 0.4) is 0 Å². The first kappa shape index (κ1) is 12.5. The Labute approximate surface area is 97.6 Å². The monoisotopic (exact) mass is 238 g/mol. The number of pyridine rings is 1. The van der Waals surface area contributed by atoms with E-state index in [4.69, 9.17) is 0 Å². The van der Waals surface area contributed by atoms with E-state index in [1.54, 1.807) is 18.3 Å². The number of aromatic hydroxyl groups is 1. The summed E-state index contributed by atoms with van der Waals surface area (Å²) >= 11 is 0. The normalized spacial score (nSPS) is 8.62. The van der Waals surface area contributed by atoms with Crippen LogP contribution in [-0.2, 0) is 17.1 Å². The van der Waals surface area contributed by atoms with Crippen LogP contribution in [0.5, 0.6) is 5.75 Å². The summed E-state index contributed by atoms with van der Waals surface area (Å²) in [6.45, 7) is 0. The van der Waals surface area contributed by atoms with E-state index in [9.17, 15) is 5.11 Å². The van der Waals surface area contributed by atoms with Crippen molar-refractivity contribution in [3.05, 3.63) is 36.5 Å². The van der Waals surface area contributed by atoms with Gasteiger partial charge in [-0.2, -0.15) is 0 Å². The van der Waals surface area contributed by atoms with Crippen molar-refractivity contribution in [2.24, 2.45) is 0 Å². The van der Waals surface area contributed by atoms with Gasteiger partial charge in [0.1, 0.15) is 11.3 Å². The first-order valence-electron chi connectivity index (χ1n) is 3.40. The molecule has 13 heavy (non-hydrogen) atoms. The smallest absolute Gasteiger partial charge is 0.187 e. The molecule has 4 heteroatoms.